The molecule has 0 unspecified atom stereocenters. The molecule has 3 heterocycles. The zero-order chi connectivity index (χ0) is 18.2. The summed E-state index contributed by atoms with van der Waals surface area (Å²) in [7, 11) is 0. The van der Waals surface area contributed by atoms with Crippen molar-refractivity contribution in [3.63, 3.8) is 0 Å². The van der Waals surface area contributed by atoms with Crippen molar-refractivity contribution in [2.45, 2.75) is 57.3 Å². The third-order valence-electron chi connectivity index (χ3n) is 3.34. The Morgan fingerprint density at radius 3 is 2.76 bits per heavy atom. The van der Waals surface area contributed by atoms with Crippen molar-refractivity contribution in [3.05, 3.63) is 29.8 Å². The maximum Gasteiger partial charge on any atom is 0.410 e. The second-order valence-electron chi connectivity index (χ2n) is 6.72. The van der Waals surface area contributed by atoms with Gasteiger partial charge in [-0.05, 0) is 20.8 Å². The molecule has 25 heavy (non-hydrogen) atoms. The summed E-state index contributed by atoms with van der Waals surface area (Å²) in [6.07, 6.45) is 2.10. The van der Waals surface area contributed by atoms with Crippen LogP contribution in [0.1, 0.15) is 32.0 Å². The standard InChI is InChI=1S/C15H19F2N5O2S/c1-15(2,3)24-14(23)20-5-10-6-22(19-12(10)8-20)25-11-4-18-21(7-11)9-13(16)17/h4,6-7,13H,5,8-9H2,1-3H3. The highest BCUT2D eigenvalue weighted by atomic mass is 32.2. The molecule has 0 aromatic carbocycles. The second-order valence-corrected chi connectivity index (χ2v) is 7.75. The van der Waals surface area contributed by atoms with Gasteiger partial charge in [0.1, 0.15) is 12.1 Å². The van der Waals surface area contributed by atoms with Crippen LogP contribution in [0.2, 0.25) is 0 Å². The van der Waals surface area contributed by atoms with Crippen LogP contribution in [0.25, 0.3) is 0 Å². The van der Waals surface area contributed by atoms with E-state index in [1.165, 1.54) is 22.8 Å². The molecule has 0 fully saturated rings. The van der Waals surface area contributed by atoms with Crippen molar-refractivity contribution >= 4 is 18.0 Å². The Bertz CT molecular complexity index is 745. The fourth-order valence-corrected chi connectivity index (χ4v) is 3.17. The van der Waals surface area contributed by atoms with Gasteiger partial charge in [-0.25, -0.2) is 17.7 Å². The highest BCUT2D eigenvalue weighted by Gasteiger charge is 2.30. The van der Waals surface area contributed by atoms with Crippen molar-refractivity contribution in [1.82, 2.24) is 23.9 Å². The summed E-state index contributed by atoms with van der Waals surface area (Å²) in [5.74, 6) is 0. The minimum Gasteiger partial charge on any atom is -0.444 e. The number of amides is 1. The number of ether oxygens (including phenoxy) is 1. The topological polar surface area (TPSA) is 65.2 Å². The highest BCUT2D eigenvalue weighted by molar-refractivity contribution is 7.97. The Labute approximate surface area is 148 Å². The SMILES string of the molecule is CC(C)(C)OC(=O)N1Cc2cn(Sc3cnn(CC(F)F)c3)nc2C1. The lowest BCUT2D eigenvalue weighted by molar-refractivity contribution is 0.0239. The molecule has 7 nitrogen and oxygen atoms in total. The third kappa shape index (κ3) is 4.50. The summed E-state index contributed by atoms with van der Waals surface area (Å²) in [6, 6.07) is 0. The fourth-order valence-electron chi connectivity index (χ4n) is 2.37. The molecule has 10 heteroatoms. The molecule has 2 aromatic heterocycles. The van der Waals surface area contributed by atoms with Crippen LogP contribution in [0.15, 0.2) is 23.5 Å². The average Bonchev–Trinajstić information content (AvgIpc) is 3.11. The number of alkyl halides is 2. The van der Waals surface area contributed by atoms with Crippen LogP contribution < -0.4 is 0 Å². The molecular formula is C15H19F2N5O2S. The van der Waals surface area contributed by atoms with Crippen molar-refractivity contribution < 1.29 is 18.3 Å². The minimum absolute atomic E-state index is 0.363. The average molecular weight is 371 g/mol. The Hall–Kier alpha value is -2.10. The maximum absolute atomic E-state index is 12.3. The number of hydrogen-bond donors (Lipinski definition) is 0. The molecule has 3 rings (SSSR count). The van der Waals surface area contributed by atoms with Crippen LogP contribution >= 0.6 is 11.9 Å². The Morgan fingerprint density at radius 2 is 2.12 bits per heavy atom. The summed E-state index contributed by atoms with van der Waals surface area (Å²) in [5, 5.41) is 8.32. The van der Waals surface area contributed by atoms with E-state index in [4.69, 9.17) is 4.74 Å². The molecule has 0 radical (unpaired) electrons. The van der Waals surface area contributed by atoms with E-state index in [0.29, 0.717) is 18.0 Å². The van der Waals surface area contributed by atoms with Gasteiger partial charge in [0.2, 0.25) is 0 Å². The molecule has 0 spiro atoms. The lowest BCUT2D eigenvalue weighted by Gasteiger charge is -2.24. The number of halogens is 2. The molecule has 0 saturated heterocycles. The first kappa shape index (κ1) is 17.7. The summed E-state index contributed by atoms with van der Waals surface area (Å²) < 4.78 is 32.9. The fraction of sp³-hybridized carbons (Fsp3) is 0.533. The number of nitrogens with zero attached hydrogens (tertiary/aromatic N) is 5. The Balaban J connectivity index is 1.60. The quantitative estimate of drug-likeness (QED) is 0.826. The number of fused-ring (bicyclic) bond motifs is 1. The van der Waals surface area contributed by atoms with Crippen molar-refractivity contribution in [1.29, 1.82) is 0 Å². The molecule has 0 bridgehead atoms. The second kappa shape index (κ2) is 6.66. The molecule has 0 aliphatic carbocycles. The number of rotatable bonds is 4. The normalized spacial score (nSPS) is 14.2. The van der Waals surface area contributed by atoms with Crippen LogP contribution in [0.5, 0.6) is 0 Å². The zero-order valence-corrected chi connectivity index (χ0v) is 15.0. The predicted octanol–water partition coefficient (Wildman–Crippen LogP) is 3.15. The van der Waals surface area contributed by atoms with Crippen molar-refractivity contribution in [2.75, 3.05) is 0 Å². The van der Waals surface area contributed by atoms with Gasteiger partial charge in [-0.2, -0.15) is 10.2 Å². The van der Waals surface area contributed by atoms with E-state index in [1.54, 1.807) is 15.2 Å². The lowest BCUT2D eigenvalue weighted by atomic mass is 10.2. The van der Waals surface area contributed by atoms with Crippen LogP contribution in [0.4, 0.5) is 13.6 Å². The predicted molar refractivity (Wildman–Crippen MR) is 87.2 cm³/mol. The first-order valence-corrected chi connectivity index (χ1v) is 8.51. The van der Waals surface area contributed by atoms with Gasteiger partial charge in [0.25, 0.3) is 6.43 Å². The summed E-state index contributed by atoms with van der Waals surface area (Å²) in [4.78, 5) is 14.4. The smallest absolute Gasteiger partial charge is 0.410 e. The highest BCUT2D eigenvalue weighted by Crippen LogP contribution is 2.27. The van der Waals surface area contributed by atoms with E-state index >= 15 is 0 Å². The van der Waals surface area contributed by atoms with Crippen LogP contribution in [-0.4, -0.2) is 42.0 Å². The van der Waals surface area contributed by atoms with Gasteiger partial charge in [0, 0.05) is 29.9 Å². The van der Waals surface area contributed by atoms with Crippen LogP contribution in [-0.2, 0) is 24.4 Å². The van der Waals surface area contributed by atoms with E-state index in [9.17, 15) is 13.6 Å². The molecule has 1 aliphatic heterocycles. The Morgan fingerprint density at radius 1 is 1.36 bits per heavy atom. The van der Waals surface area contributed by atoms with E-state index in [-0.39, 0.29) is 6.09 Å². The lowest BCUT2D eigenvalue weighted by Crippen LogP contribution is -2.33. The van der Waals surface area contributed by atoms with Gasteiger partial charge in [-0.3, -0.25) is 9.58 Å². The van der Waals surface area contributed by atoms with E-state index in [0.717, 1.165) is 11.3 Å². The first-order chi connectivity index (χ1) is 11.7. The Kier molecular flexibility index (Phi) is 4.72. The summed E-state index contributed by atoms with van der Waals surface area (Å²) in [5.41, 5.74) is 1.21. The molecule has 1 aliphatic rings. The molecular weight excluding hydrogens is 352 g/mol. The van der Waals surface area contributed by atoms with Gasteiger partial charge in [0.15, 0.2) is 0 Å². The third-order valence-corrected chi connectivity index (χ3v) is 4.14. The number of aromatic nitrogens is 4. The largest absolute Gasteiger partial charge is 0.444 e. The van der Waals surface area contributed by atoms with Crippen molar-refractivity contribution in [3.8, 4) is 0 Å². The van der Waals surface area contributed by atoms with E-state index in [2.05, 4.69) is 10.2 Å². The number of carbonyl (C=O) groups excluding carboxylic acids is 1. The zero-order valence-electron chi connectivity index (χ0n) is 14.1. The van der Waals surface area contributed by atoms with Gasteiger partial charge in [-0.15, -0.1) is 0 Å². The minimum atomic E-state index is -2.44. The van der Waals surface area contributed by atoms with Crippen LogP contribution in [0, 0.1) is 0 Å². The van der Waals surface area contributed by atoms with E-state index < -0.39 is 18.6 Å². The number of hydrogen-bond acceptors (Lipinski definition) is 5. The molecule has 0 saturated carbocycles. The number of carbonyl (C=O) groups is 1. The molecule has 2 aromatic rings. The molecule has 1 amide bonds. The van der Waals surface area contributed by atoms with Crippen molar-refractivity contribution in [2.24, 2.45) is 0 Å². The summed E-state index contributed by atoms with van der Waals surface area (Å²) in [6.45, 7) is 5.88. The maximum atomic E-state index is 12.3. The van der Waals surface area contributed by atoms with Gasteiger partial charge < -0.3 is 4.74 Å². The van der Waals surface area contributed by atoms with Gasteiger partial charge >= 0.3 is 6.09 Å². The monoisotopic (exact) mass is 371 g/mol. The molecule has 136 valence electrons. The van der Waals surface area contributed by atoms with E-state index in [1.807, 2.05) is 27.0 Å². The first-order valence-electron chi connectivity index (χ1n) is 7.74. The molecule has 0 N–H and O–H groups in total. The summed E-state index contributed by atoms with van der Waals surface area (Å²) >= 11 is 1.28. The van der Waals surface area contributed by atoms with Crippen LogP contribution in [0.3, 0.4) is 0 Å². The van der Waals surface area contributed by atoms with Gasteiger partial charge in [0.05, 0.1) is 29.9 Å². The van der Waals surface area contributed by atoms with Gasteiger partial charge in [-0.1, -0.05) is 0 Å². The molecule has 0 atom stereocenters.